The fourth-order valence-corrected chi connectivity index (χ4v) is 6.21. The molecule has 4 aromatic rings. The molecule has 174 valence electrons. The van der Waals surface area contributed by atoms with Crippen LogP contribution in [0.15, 0.2) is 48.5 Å². The van der Waals surface area contributed by atoms with Gasteiger partial charge in [-0.05, 0) is 55.5 Å². The molecule has 0 saturated carbocycles. The number of nitrogens with zero attached hydrogens (tertiary/aromatic N) is 3. The van der Waals surface area contributed by atoms with Gasteiger partial charge in [0.1, 0.15) is 0 Å². The number of halogens is 1. The molecule has 5 heteroatoms. The highest BCUT2D eigenvalue weighted by Gasteiger charge is 2.25. The summed E-state index contributed by atoms with van der Waals surface area (Å²) in [5.74, 6) is 0. The lowest BCUT2D eigenvalue weighted by atomic mass is 9.95. The van der Waals surface area contributed by atoms with Gasteiger partial charge in [0.15, 0.2) is 0 Å². The van der Waals surface area contributed by atoms with E-state index in [9.17, 15) is 5.11 Å². The topological polar surface area (TPSA) is 33.3 Å². The molecule has 33 heavy (non-hydrogen) atoms. The smallest absolute Gasteiger partial charge is 0.0897 e. The van der Waals surface area contributed by atoms with Crippen LogP contribution in [0.5, 0.6) is 0 Å². The molecule has 1 N–H and O–H groups in total. The molecule has 1 aliphatic carbocycles. The van der Waals surface area contributed by atoms with Crippen LogP contribution in [0.1, 0.15) is 42.3 Å². The van der Waals surface area contributed by atoms with Crippen LogP contribution >= 0.6 is 12.4 Å². The van der Waals surface area contributed by atoms with Crippen molar-refractivity contribution in [1.29, 1.82) is 0 Å². The minimum absolute atomic E-state index is 0. The van der Waals surface area contributed by atoms with Gasteiger partial charge in [0.2, 0.25) is 0 Å². The number of aromatic nitrogens is 2. The number of aliphatic hydroxyl groups is 1. The van der Waals surface area contributed by atoms with E-state index < -0.39 is 6.10 Å². The highest BCUT2D eigenvalue weighted by Crippen LogP contribution is 2.34. The number of benzene rings is 2. The zero-order valence-corrected chi connectivity index (χ0v) is 20.3. The first-order valence-electron chi connectivity index (χ1n) is 12.3. The summed E-state index contributed by atoms with van der Waals surface area (Å²) >= 11 is 0. The maximum absolute atomic E-state index is 11.4. The van der Waals surface area contributed by atoms with E-state index >= 15 is 0 Å². The van der Waals surface area contributed by atoms with Crippen LogP contribution in [0, 0.1) is 0 Å². The Hall–Kier alpha value is -2.27. The molecule has 1 aliphatic heterocycles. The van der Waals surface area contributed by atoms with E-state index in [4.69, 9.17) is 0 Å². The second-order valence-corrected chi connectivity index (χ2v) is 9.59. The highest BCUT2D eigenvalue weighted by molar-refractivity contribution is 5.87. The molecule has 2 aromatic heterocycles. The Morgan fingerprint density at radius 3 is 2.03 bits per heavy atom. The van der Waals surface area contributed by atoms with Crippen LogP contribution in [-0.2, 0) is 38.9 Å². The van der Waals surface area contributed by atoms with Crippen molar-refractivity contribution >= 4 is 34.2 Å². The highest BCUT2D eigenvalue weighted by atomic mass is 35.5. The third-order valence-electron chi connectivity index (χ3n) is 7.76. The summed E-state index contributed by atoms with van der Waals surface area (Å²) in [5.41, 5.74) is 8.42. The Morgan fingerprint density at radius 1 is 0.788 bits per heavy atom. The molecule has 0 radical (unpaired) electrons. The minimum Gasteiger partial charge on any atom is -0.389 e. The van der Waals surface area contributed by atoms with E-state index in [1.165, 1.54) is 63.6 Å². The van der Waals surface area contributed by atoms with Crippen LogP contribution in [-0.4, -0.2) is 38.3 Å². The molecular weight excluding hydrogens is 430 g/mol. The van der Waals surface area contributed by atoms with E-state index in [0.29, 0.717) is 13.1 Å². The van der Waals surface area contributed by atoms with Crippen molar-refractivity contribution in [2.45, 2.75) is 64.8 Å². The van der Waals surface area contributed by atoms with E-state index in [1.807, 2.05) is 0 Å². The average Bonchev–Trinajstić information content (AvgIpc) is 3.32. The molecule has 0 saturated heterocycles. The second-order valence-electron chi connectivity index (χ2n) is 9.59. The van der Waals surface area contributed by atoms with E-state index in [1.54, 1.807) is 0 Å². The largest absolute Gasteiger partial charge is 0.389 e. The molecular formula is C28H34ClN3O. The number of likely N-dealkylation sites (N-methyl/N-ethyl adjacent to an activating group) is 1. The Kier molecular flexibility index (Phi) is 6.26. The second kappa shape index (κ2) is 9.17. The monoisotopic (exact) mass is 463 g/mol. The van der Waals surface area contributed by atoms with Gasteiger partial charge in [0.05, 0.1) is 19.2 Å². The molecule has 6 rings (SSSR count). The van der Waals surface area contributed by atoms with Gasteiger partial charge in [0.25, 0.3) is 0 Å². The van der Waals surface area contributed by atoms with Crippen molar-refractivity contribution in [2.24, 2.45) is 0 Å². The lowest BCUT2D eigenvalue weighted by Crippen LogP contribution is -2.32. The van der Waals surface area contributed by atoms with Crippen molar-refractivity contribution in [3.05, 3.63) is 71.0 Å². The Bertz CT molecular complexity index is 1290. The Balaban J connectivity index is 0.00000228. The van der Waals surface area contributed by atoms with Crippen molar-refractivity contribution in [3.63, 3.8) is 0 Å². The first-order chi connectivity index (χ1) is 15.7. The maximum Gasteiger partial charge on any atom is 0.0897 e. The van der Waals surface area contributed by atoms with E-state index in [-0.39, 0.29) is 12.4 Å². The number of aliphatic hydroxyl groups excluding tert-OH is 1. The molecule has 1 atom stereocenters. The van der Waals surface area contributed by atoms with Crippen LogP contribution in [0.3, 0.4) is 0 Å². The van der Waals surface area contributed by atoms with E-state index in [0.717, 1.165) is 32.5 Å². The van der Waals surface area contributed by atoms with Crippen LogP contribution in [0.4, 0.5) is 0 Å². The standard InChI is InChI=1S/C28H33N3O.ClH/c1-2-29-16-15-28-24(19-29)23-11-5-8-14-27(23)31(28)18-20(32)17-30-25-12-6-3-9-21(25)22-10-4-7-13-26(22)30;/h3,5-6,8-9,11-12,14,20,32H,2,4,7,10,13,15-19H2,1H3;1H. The lowest BCUT2D eigenvalue weighted by Gasteiger charge is -2.27. The summed E-state index contributed by atoms with van der Waals surface area (Å²) in [6, 6.07) is 17.5. The van der Waals surface area contributed by atoms with Gasteiger partial charge >= 0.3 is 0 Å². The molecule has 3 heterocycles. The molecule has 0 bridgehead atoms. The van der Waals surface area contributed by atoms with Gasteiger partial charge < -0.3 is 14.2 Å². The van der Waals surface area contributed by atoms with Gasteiger partial charge in [-0.2, -0.15) is 0 Å². The van der Waals surface area contributed by atoms with Crippen LogP contribution in [0.2, 0.25) is 0 Å². The SMILES string of the molecule is CCN1CCc2c(c3ccccc3n2CC(O)Cn2c3c(c4ccccc42)CCCC3)C1.Cl. The van der Waals surface area contributed by atoms with Gasteiger partial charge in [-0.1, -0.05) is 43.3 Å². The van der Waals surface area contributed by atoms with Crippen molar-refractivity contribution in [2.75, 3.05) is 13.1 Å². The normalized spacial score (nSPS) is 17.0. The number of fused-ring (bicyclic) bond motifs is 6. The molecule has 0 spiro atoms. The number of aryl methyl sites for hydroxylation is 1. The molecule has 0 fully saturated rings. The third-order valence-corrected chi connectivity index (χ3v) is 7.76. The first kappa shape index (κ1) is 22.5. The van der Waals surface area contributed by atoms with Crippen LogP contribution in [0.25, 0.3) is 21.8 Å². The summed E-state index contributed by atoms with van der Waals surface area (Å²) < 4.78 is 4.84. The predicted molar refractivity (Wildman–Crippen MR) is 138 cm³/mol. The summed E-state index contributed by atoms with van der Waals surface area (Å²) in [7, 11) is 0. The average molecular weight is 464 g/mol. The first-order valence-corrected chi connectivity index (χ1v) is 12.3. The summed E-state index contributed by atoms with van der Waals surface area (Å²) in [6.07, 6.45) is 5.48. The Morgan fingerprint density at radius 2 is 1.36 bits per heavy atom. The maximum atomic E-state index is 11.4. The number of rotatable bonds is 5. The van der Waals surface area contributed by atoms with Crippen molar-refractivity contribution < 1.29 is 5.11 Å². The number of hydrogen-bond donors (Lipinski definition) is 1. The lowest BCUT2D eigenvalue weighted by molar-refractivity contribution is 0.134. The van der Waals surface area contributed by atoms with Crippen molar-refractivity contribution in [3.8, 4) is 0 Å². The quantitative estimate of drug-likeness (QED) is 0.433. The molecule has 2 aliphatic rings. The number of hydrogen-bond acceptors (Lipinski definition) is 2. The fourth-order valence-electron chi connectivity index (χ4n) is 6.21. The molecule has 2 aromatic carbocycles. The number of para-hydroxylation sites is 2. The van der Waals surface area contributed by atoms with E-state index in [2.05, 4.69) is 69.5 Å². The molecule has 4 nitrogen and oxygen atoms in total. The molecule has 1 unspecified atom stereocenters. The fraction of sp³-hybridized carbons (Fsp3) is 0.429. The summed E-state index contributed by atoms with van der Waals surface area (Å²) in [5, 5.41) is 14.1. The zero-order valence-electron chi connectivity index (χ0n) is 19.5. The van der Waals surface area contributed by atoms with Gasteiger partial charge in [-0.3, -0.25) is 4.90 Å². The minimum atomic E-state index is -0.416. The third kappa shape index (κ3) is 3.78. The van der Waals surface area contributed by atoms with Gasteiger partial charge in [-0.15, -0.1) is 12.4 Å². The predicted octanol–water partition coefficient (Wildman–Crippen LogP) is 5.34. The van der Waals surface area contributed by atoms with Gasteiger partial charge in [0, 0.05) is 52.7 Å². The summed E-state index contributed by atoms with van der Waals surface area (Å²) in [4.78, 5) is 2.52. The Labute approximate surface area is 202 Å². The zero-order chi connectivity index (χ0) is 21.7. The summed E-state index contributed by atoms with van der Waals surface area (Å²) in [6.45, 7) is 6.78. The van der Waals surface area contributed by atoms with Crippen LogP contribution < -0.4 is 0 Å². The molecule has 0 amide bonds. The van der Waals surface area contributed by atoms with Crippen molar-refractivity contribution in [1.82, 2.24) is 14.0 Å². The van der Waals surface area contributed by atoms with Gasteiger partial charge in [-0.25, -0.2) is 0 Å².